The van der Waals surface area contributed by atoms with Gasteiger partial charge in [-0.05, 0) is 101 Å². The standard InChI is InChI=1S/C50H36N2/c1-33-23-27-37(28-24-33)51(35-13-5-3-6-14-35)46-32-31-41-39-19-11-22-45-49(39)48(44-21-12-20-43(46)47(41)44)40-17-9-10-18-42(40)50(45)52(36-15-7-4-8-16-36)38-29-25-34(2)26-30-38/h3-32H,1-2H3. The number of hydrogen-bond donors (Lipinski definition) is 0. The second-order valence-corrected chi connectivity index (χ2v) is 13.9. The van der Waals surface area contributed by atoms with Crippen molar-refractivity contribution in [3.05, 3.63) is 193 Å². The molecule has 10 rings (SSSR count). The van der Waals surface area contributed by atoms with Crippen LogP contribution >= 0.6 is 0 Å². The van der Waals surface area contributed by atoms with Crippen molar-refractivity contribution in [3.63, 3.8) is 0 Å². The van der Waals surface area contributed by atoms with Crippen LogP contribution in [0.2, 0.25) is 0 Å². The Labute approximate surface area is 303 Å². The van der Waals surface area contributed by atoms with E-state index in [2.05, 4.69) is 206 Å². The number of para-hydroxylation sites is 2. The molecule has 0 aliphatic rings. The predicted octanol–water partition coefficient (Wildman–Crippen LogP) is 14.4. The summed E-state index contributed by atoms with van der Waals surface area (Å²) in [6, 6.07) is 66.7. The smallest absolute Gasteiger partial charge is 0.0619 e. The lowest BCUT2D eigenvalue weighted by Crippen LogP contribution is -2.11. The minimum atomic E-state index is 1.14. The molecule has 0 spiro atoms. The van der Waals surface area contributed by atoms with E-state index in [1.54, 1.807) is 0 Å². The van der Waals surface area contributed by atoms with E-state index in [-0.39, 0.29) is 0 Å². The van der Waals surface area contributed by atoms with Gasteiger partial charge < -0.3 is 9.80 Å². The molecule has 52 heavy (non-hydrogen) atoms. The van der Waals surface area contributed by atoms with E-state index in [0.717, 1.165) is 22.7 Å². The van der Waals surface area contributed by atoms with Gasteiger partial charge >= 0.3 is 0 Å². The Hall–Kier alpha value is -6.64. The highest BCUT2D eigenvalue weighted by Gasteiger charge is 2.25. The topological polar surface area (TPSA) is 6.48 Å². The normalized spacial score (nSPS) is 11.7. The van der Waals surface area contributed by atoms with Crippen LogP contribution in [0.4, 0.5) is 34.1 Å². The van der Waals surface area contributed by atoms with Crippen molar-refractivity contribution in [2.24, 2.45) is 0 Å². The molecule has 0 aromatic heterocycles. The van der Waals surface area contributed by atoms with Gasteiger partial charge in [0.2, 0.25) is 0 Å². The average Bonchev–Trinajstić information content (AvgIpc) is 3.20. The van der Waals surface area contributed by atoms with Crippen LogP contribution in [-0.2, 0) is 0 Å². The molecule has 0 saturated heterocycles. The van der Waals surface area contributed by atoms with Gasteiger partial charge in [0.1, 0.15) is 0 Å². The van der Waals surface area contributed by atoms with Gasteiger partial charge in [0.25, 0.3) is 0 Å². The third-order valence-corrected chi connectivity index (χ3v) is 10.7. The highest BCUT2D eigenvalue weighted by molar-refractivity contribution is 6.41. The van der Waals surface area contributed by atoms with E-state index in [1.165, 1.54) is 76.4 Å². The van der Waals surface area contributed by atoms with E-state index < -0.39 is 0 Å². The van der Waals surface area contributed by atoms with Gasteiger partial charge in [-0.2, -0.15) is 0 Å². The molecular formula is C50H36N2. The third-order valence-electron chi connectivity index (χ3n) is 10.7. The number of aryl methyl sites for hydroxylation is 2. The molecule has 0 radical (unpaired) electrons. The summed E-state index contributed by atoms with van der Waals surface area (Å²) in [5.41, 5.74) is 9.42. The molecule has 246 valence electrons. The average molecular weight is 665 g/mol. The van der Waals surface area contributed by atoms with Crippen LogP contribution in [0.5, 0.6) is 0 Å². The molecule has 10 aromatic carbocycles. The van der Waals surface area contributed by atoms with Gasteiger partial charge in [0.05, 0.1) is 11.4 Å². The van der Waals surface area contributed by atoms with Crippen LogP contribution in [0.1, 0.15) is 11.1 Å². The first kappa shape index (κ1) is 30.2. The first-order valence-corrected chi connectivity index (χ1v) is 18.0. The minimum Gasteiger partial charge on any atom is -0.310 e. The highest BCUT2D eigenvalue weighted by Crippen LogP contribution is 2.52. The predicted molar refractivity (Wildman–Crippen MR) is 224 cm³/mol. The molecule has 0 fully saturated rings. The lowest BCUT2D eigenvalue weighted by Gasteiger charge is -2.30. The zero-order valence-corrected chi connectivity index (χ0v) is 29.2. The molecule has 0 heterocycles. The summed E-state index contributed by atoms with van der Waals surface area (Å²) in [7, 11) is 0. The number of nitrogens with zero attached hydrogens (tertiary/aromatic N) is 2. The van der Waals surface area contributed by atoms with E-state index in [1.807, 2.05) is 0 Å². The summed E-state index contributed by atoms with van der Waals surface area (Å²) in [6.45, 7) is 4.30. The van der Waals surface area contributed by atoms with Crippen molar-refractivity contribution in [3.8, 4) is 0 Å². The van der Waals surface area contributed by atoms with Crippen LogP contribution in [-0.4, -0.2) is 0 Å². The summed E-state index contributed by atoms with van der Waals surface area (Å²) in [5, 5.41) is 12.7. The number of anilines is 6. The van der Waals surface area contributed by atoms with Crippen molar-refractivity contribution in [2.45, 2.75) is 13.8 Å². The largest absolute Gasteiger partial charge is 0.310 e. The van der Waals surface area contributed by atoms with E-state index in [0.29, 0.717) is 0 Å². The lowest BCUT2D eigenvalue weighted by molar-refractivity contribution is 1.29. The van der Waals surface area contributed by atoms with E-state index in [9.17, 15) is 0 Å². The molecule has 0 N–H and O–H groups in total. The monoisotopic (exact) mass is 664 g/mol. The number of rotatable bonds is 6. The van der Waals surface area contributed by atoms with Crippen LogP contribution in [0.15, 0.2) is 182 Å². The van der Waals surface area contributed by atoms with Crippen molar-refractivity contribution < 1.29 is 0 Å². The number of hydrogen-bond acceptors (Lipinski definition) is 2. The summed E-state index contributed by atoms with van der Waals surface area (Å²) < 4.78 is 0. The first-order valence-electron chi connectivity index (χ1n) is 18.0. The molecule has 0 amide bonds. The Kier molecular flexibility index (Phi) is 6.97. The number of fused-ring (bicyclic) bond motifs is 4. The Morgan fingerprint density at radius 3 is 1.35 bits per heavy atom. The molecule has 0 bridgehead atoms. The zero-order chi connectivity index (χ0) is 34.8. The number of benzene rings is 10. The van der Waals surface area contributed by atoms with Crippen LogP contribution < -0.4 is 9.80 Å². The molecule has 0 saturated carbocycles. The van der Waals surface area contributed by atoms with Gasteiger partial charge in [-0.15, -0.1) is 0 Å². The van der Waals surface area contributed by atoms with Crippen molar-refractivity contribution >= 4 is 88.0 Å². The van der Waals surface area contributed by atoms with Crippen molar-refractivity contribution in [1.82, 2.24) is 0 Å². The van der Waals surface area contributed by atoms with Gasteiger partial charge in [-0.1, -0.05) is 139 Å². The van der Waals surface area contributed by atoms with Gasteiger partial charge in [0, 0.05) is 44.3 Å². The Morgan fingerprint density at radius 1 is 0.269 bits per heavy atom. The van der Waals surface area contributed by atoms with Crippen LogP contribution in [0.25, 0.3) is 53.9 Å². The van der Waals surface area contributed by atoms with Gasteiger partial charge in [-0.3, -0.25) is 0 Å². The summed E-state index contributed by atoms with van der Waals surface area (Å²) in [5.74, 6) is 0. The highest BCUT2D eigenvalue weighted by atomic mass is 15.1. The molecule has 2 heteroatoms. The van der Waals surface area contributed by atoms with Crippen LogP contribution in [0, 0.1) is 13.8 Å². The van der Waals surface area contributed by atoms with Gasteiger partial charge in [0.15, 0.2) is 0 Å². The maximum absolute atomic E-state index is 2.45. The Balaban J connectivity index is 1.34. The van der Waals surface area contributed by atoms with Gasteiger partial charge in [-0.25, -0.2) is 0 Å². The lowest BCUT2D eigenvalue weighted by atomic mass is 9.85. The maximum atomic E-state index is 2.45. The first-order chi connectivity index (χ1) is 25.7. The molecular weight excluding hydrogens is 629 g/mol. The van der Waals surface area contributed by atoms with Crippen molar-refractivity contribution in [1.29, 1.82) is 0 Å². The summed E-state index contributed by atoms with van der Waals surface area (Å²) in [6.07, 6.45) is 0. The summed E-state index contributed by atoms with van der Waals surface area (Å²) >= 11 is 0. The van der Waals surface area contributed by atoms with E-state index >= 15 is 0 Å². The maximum Gasteiger partial charge on any atom is 0.0619 e. The second kappa shape index (κ2) is 12.0. The SMILES string of the molecule is Cc1ccc(N(c2ccccc2)c2ccc3c4cccc5c(N(c6ccccc6)c6ccc(C)cc6)c6ccccc6c(c6cccc2c36)c54)cc1. The fraction of sp³-hybridized carbons (Fsp3) is 0.0400. The Bertz CT molecular complexity index is 2890. The quantitative estimate of drug-likeness (QED) is 0.129. The molecule has 0 unspecified atom stereocenters. The molecule has 0 atom stereocenters. The van der Waals surface area contributed by atoms with Crippen molar-refractivity contribution in [2.75, 3.05) is 9.80 Å². The van der Waals surface area contributed by atoms with Crippen LogP contribution in [0.3, 0.4) is 0 Å². The fourth-order valence-electron chi connectivity index (χ4n) is 8.35. The Morgan fingerprint density at radius 2 is 0.692 bits per heavy atom. The second-order valence-electron chi connectivity index (χ2n) is 13.9. The third kappa shape index (κ3) is 4.65. The molecule has 10 aromatic rings. The zero-order valence-electron chi connectivity index (χ0n) is 29.2. The fourth-order valence-corrected chi connectivity index (χ4v) is 8.35. The summed E-state index contributed by atoms with van der Waals surface area (Å²) in [4.78, 5) is 4.85. The molecule has 0 aliphatic heterocycles. The molecule has 2 nitrogen and oxygen atoms in total. The van der Waals surface area contributed by atoms with E-state index in [4.69, 9.17) is 0 Å². The minimum absolute atomic E-state index is 1.14. The molecule has 0 aliphatic carbocycles.